The Morgan fingerprint density at radius 3 is 2.70 bits per heavy atom. The summed E-state index contributed by atoms with van der Waals surface area (Å²) in [6, 6.07) is 9.83. The molecule has 0 bridgehead atoms. The molecule has 0 atom stereocenters. The van der Waals surface area contributed by atoms with Crippen LogP contribution in [0.1, 0.15) is 19.4 Å². The van der Waals surface area contributed by atoms with Crippen LogP contribution in [0.3, 0.4) is 0 Å². The van der Waals surface area contributed by atoms with E-state index in [9.17, 15) is 4.79 Å². The molecule has 2 aromatic rings. The van der Waals surface area contributed by atoms with E-state index in [1.807, 2.05) is 44.2 Å². The molecule has 2 rings (SSSR count). The maximum absolute atomic E-state index is 11.3. The van der Waals surface area contributed by atoms with Crippen molar-refractivity contribution in [2.75, 3.05) is 5.43 Å². The number of anilines is 1. The lowest BCUT2D eigenvalue weighted by atomic mass is 10.0. The van der Waals surface area contributed by atoms with Crippen molar-refractivity contribution in [3.63, 3.8) is 0 Å². The second-order valence-electron chi connectivity index (χ2n) is 4.56. The van der Waals surface area contributed by atoms with E-state index in [4.69, 9.17) is 11.6 Å². The Morgan fingerprint density at radius 1 is 1.35 bits per heavy atom. The summed E-state index contributed by atoms with van der Waals surface area (Å²) in [5, 5.41) is 10.3. The Hall–Kier alpha value is -2.14. The second kappa shape index (κ2) is 6.34. The van der Waals surface area contributed by atoms with Gasteiger partial charge in [-0.05, 0) is 11.5 Å². The fraction of sp³-hybridized carbons (Fsp3) is 0.214. The first-order chi connectivity index (χ1) is 9.59. The lowest BCUT2D eigenvalue weighted by Crippen LogP contribution is -2.14. The van der Waals surface area contributed by atoms with E-state index in [1.54, 1.807) is 0 Å². The van der Waals surface area contributed by atoms with Crippen LogP contribution in [0.4, 0.5) is 5.69 Å². The van der Waals surface area contributed by atoms with Gasteiger partial charge in [0.25, 0.3) is 5.56 Å². The van der Waals surface area contributed by atoms with Gasteiger partial charge in [0, 0.05) is 0 Å². The van der Waals surface area contributed by atoms with Crippen LogP contribution in [-0.2, 0) is 0 Å². The van der Waals surface area contributed by atoms with Gasteiger partial charge in [-0.15, -0.1) is 0 Å². The molecular formula is C14H15ClN4O. The monoisotopic (exact) mass is 290 g/mol. The van der Waals surface area contributed by atoms with E-state index >= 15 is 0 Å². The first-order valence-electron chi connectivity index (χ1n) is 6.21. The van der Waals surface area contributed by atoms with E-state index in [2.05, 4.69) is 20.7 Å². The van der Waals surface area contributed by atoms with Crippen LogP contribution >= 0.6 is 11.6 Å². The van der Waals surface area contributed by atoms with Gasteiger partial charge in [0.15, 0.2) is 0 Å². The molecule has 104 valence electrons. The number of nitrogens with zero attached hydrogens (tertiary/aromatic N) is 2. The molecule has 6 heteroatoms. The highest BCUT2D eigenvalue weighted by Gasteiger charge is 2.09. The fourth-order valence-corrected chi connectivity index (χ4v) is 1.85. The molecule has 0 aliphatic carbocycles. The van der Waals surface area contributed by atoms with Crippen LogP contribution < -0.4 is 11.0 Å². The highest BCUT2D eigenvalue weighted by Crippen LogP contribution is 2.16. The summed E-state index contributed by atoms with van der Waals surface area (Å²) in [5.41, 5.74) is 4.63. The number of benzene rings is 1. The molecule has 2 N–H and O–H groups in total. The number of H-pyrrole nitrogens is 1. The number of halogens is 1. The summed E-state index contributed by atoms with van der Waals surface area (Å²) < 4.78 is 0. The lowest BCUT2D eigenvalue weighted by molar-refractivity contribution is 0.880. The van der Waals surface area contributed by atoms with Crippen molar-refractivity contribution in [1.29, 1.82) is 0 Å². The molecule has 1 aromatic heterocycles. The lowest BCUT2D eigenvalue weighted by Gasteiger charge is -2.11. The zero-order chi connectivity index (χ0) is 14.5. The molecule has 0 unspecified atom stereocenters. The zero-order valence-corrected chi connectivity index (χ0v) is 12.0. The zero-order valence-electron chi connectivity index (χ0n) is 11.2. The Kier molecular flexibility index (Phi) is 4.53. The maximum Gasteiger partial charge on any atom is 0.285 e. The van der Waals surface area contributed by atoms with Gasteiger partial charge in [-0.25, -0.2) is 5.10 Å². The van der Waals surface area contributed by atoms with Crippen LogP contribution in [0, 0.1) is 5.92 Å². The Morgan fingerprint density at radius 2 is 2.05 bits per heavy atom. The quantitative estimate of drug-likeness (QED) is 0.672. The number of rotatable bonds is 4. The maximum atomic E-state index is 11.3. The smallest absolute Gasteiger partial charge is 0.275 e. The summed E-state index contributed by atoms with van der Waals surface area (Å²) in [4.78, 5) is 11.3. The van der Waals surface area contributed by atoms with Crippen LogP contribution in [0.5, 0.6) is 0 Å². The van der Waals surface area contributed by atoms with Crippen LogP contribution in [-0.4, -0.2) is 15.9 Å². The van der Waals surface area contributed by atoms with Gasteiger partial charge in [-0.2, -0.15) is 10.2 Å². The third kappa shape index (κ3) is 3.24. The number of hydrogen-bond acceptors (Lipinski definition) is 4. The van der Waals surface area contributed by atoms with Crippen molar-refractivity contribution in [3.05, 3.63) is 57.5 Å². The van der Waals surface area contributed by atoms with E-state index in [-0.39, 0.29) is 10.9 Å². The van der Waals surface area contributed by atoms with Crippen LogP contribution in [0.15, 0.2) is 46.4 Å². The fourth-order valence-electron chi connectivity index (χ4n) is 1.72. The van der Waals surface area contributed by atoms with Crippen LogP contribution in [0.25, 0.3) is 0 Å². The Labute approximate surface area is 121 Å². The highest BCUT2D eigenvalue weighted by molar-refractivity contribution is 6.32. The largest absolute Gasteiger partial charge is 0.285 e. The third-order valence-corrected chi connectivity index (χ3v) is 3.08. The van der Waals surface area contributed by atoms with Gasteiger partial charge >= 0.3 is 0 Å². The van der Waals surface area contributed by atoms with Gasteiger partial charge in [-0.1, -0.05) is 55.8 Å². The van der Waals surface area contributed by atoms with Gasteiger partial charge in [0.1, 0.15) is 10.7 Å². The highest BCUT2D eigenvalue weighted by atomic mass is 35.5. The molecule has 0 amide bonds. The van der Waals surface area contributed by atoms with E-state index in [1.165, 1.54) is 6.20 Å². The number of hydrazone groups is 1. The third-order valence-electron chi connectivity index (χ3n) is 2.71. The molecule has 0 spiro atoms. The molecule has 1 heterocycles. The molecule has 1 aromatic carbocycles. The van der Waals surface area contributed by atoms with Gasteiger partial charge in [0.2, 0.25) is 0 Å². The number of aromatic nitrogens is 2. The standard InChI is InChI=1S/C14H15ClN4O/c1-9(2)13(10-6-4-3-5-7-10)18-17-11-8-16-19-14(20)12(11)15/h3-9H,1-2H3,(H2,17,19,20)/b18-13+. The minimum absolute atomic E-state index is 0.0416. The van der Waals surface area contributed by atoms with Gasteiger partial charge in [0.05, 0.1) is 11.9 Å². The second-order valence-corrected chi connectivity index (χ2v) is 4.93. The first-order valence-corrected chi connectivity index (χ1v) is 6.59. The first kappa shape index (κ1) is 14.3. The molecule has 0 saturated heterocycles. The number of nitrogens with one attached hydrogen (secondary N) is 2. The molecule has 0 radical (unpaired) electrons. The van der Waals surface area contributed by atoms with E-state index in [0.717, 1.165) is 11.3 Å². The van der Waals surface area contributed by atoms with Crippen molar-refractivity contribution < 1.29 is 0 Å². The summed E-state index contributed by atoms with van der Waals surface area (Å²) in [6.07, 6.45) is 1.43. The normalized spacial score (nSPS) is 11.7. The predicted octanol–water partition coefficient (Wildman–Crippen LogP) is 2.90. The SMILES string of the molecule is CC(C)/C(=N\Nc1cn[nH]c(=O)c1Cl)c1ccccc1. The van der Waals surface area contributed by atoms with Crippen molar-refractivity contribution in [3.8, 4) is 0 Å². The van der Waals surface area contributed by atoms with Gasteiger partial charge < -0.3 is 0 Å². The molecule has 5 nitrogen and oxygen atoms in total. The number of aromatic amines is 1. The van der Waals surface area contributed by atoms with E-state index < -0.39 is 5.56 Å². The summed E-state index contributed by atoms with van der Waals surface area (Å²) in [7, 11) is 0. The molecule has 20 heavy (non-hydrogen) atoms. The summed E-state index contributed by atoms with van der Waals surface area (Å²) in [5.74, 6) is 0.221. The predicted molar refractivity (Wildman–Crippen MR) is 81.3 cm³/mol. The summed E-state index contributed by atoms with van der Waals surface area (Å²) >= 11 is 5.89. The van der Waals surface area contributed by atoms with Crippen molar-refractivity contribution in [1.82, 2.24) is 10.2 Å². The minimum atomic E-state index is -0.447. The number of hydrogen-bond donors (Lipinski definition) is 2. The van der Waals surface area contributed by atoms with Crippen LogP contribution in [0.2, 0.25) is 5.02 Å². The minimum Gasteiger partial charge on any atom is -0.275 e. The van der Waals surface area contributed by atoms with E-state index in [0.29, 0.717) is 5.69 Å². The average molecular weight is 291 g/mol. The van der Waals surface area contributed by atoms with Crippen molar-refractivity contribution in [2.24, 2.45) is 11.0 Å². The van der Waals surface area contributed by atoms with Crippen molar-refractivity contribution >= 4 is 23.0 Å². The Bertz CT molecular complexity index is 664. The molecule has 0 aliphatic rings. The van der Waals surface area contributed by atoms with Gasteiger partial charge in [-0.3, -0.25) is 10.2 Å². The summed E-state index contributed by atoms with van der Waals surface area (Å²) in [6.45, 7) is 4.09. The molecule has 0 fully saturated rings. The average Bonchev–Trinajstić information content (AvgIpc) is 2.44. The molecular weight excluding hydrogens is 276 g/mol. The molecule has 0 aliphatic heterocycles. The van der Waals surface area contributed by atoms with Crippen molar-refractivity contribution in [2.45, 2.75) is 13.8 Å². The topological polar surface area (TPSA) is 70.1 Å². The Balaban J connectivity index is 2.32. The molecule has 0 saturated carbocycles.